The highest BCUT2D eigenvalue weighted by Gasteiger charge is 2.54. The van der Waals surface area contributed by atoms with Gasteiger partial charge in [-0.1, -0.05) is 69.9 Å². The van der Waals surface area contributed by atoms with E-state index >= 15 is 0 Å². The molecule has 1 fully saturated rings. The van der Waals surface area contributed by atoms with Crippen molar-refractivity contribution < 1.29 is 17.9 Å². The summed E-state index contributed by atoms with van der Waals surface area (Å²) < 4.78 is 31.3. The van der Waals surface area contributed by atoms with E-state index in [2.05, 4.69) is 13.8 Å². The molecule has 0 saturated heterocycles. The van der Waals surface area contributed by atoms with Crippen molar-refractivity contribution in [2.24, 2.45) is 17.6 Å². The number of amides is 1. The zero-order valence-corrected chi connectivity index (χ0v) is 22.9. The van der Waals surface area contributed by atoms with E-state index in [9.17, 15) is 13.2 Å². The van der Waals surface area contributed by atoms with Gasteiger partial charge in [-0.15, -0.1) is 0 Å². The minimum atomic E-state index is -3.85. The van der Waals surface area contributed by atoms with Gasteiger partial charge >= 0.3 is 0 Å². The Morgan fingerprint density at radius 3 is 2.41 bits per heavy atom. The fourth-order valence-electron chi connectivity index (χ4n) is 5.86. The predicted molar refractivity (Wildman–Crippen MR) is 148 cm³/mol. The van der Waals surface area contributed by atoms with Crippen LogP contribution in [0.3, 0.4) is 0 Å². The number of benzene rings is 2. The van der Waals surface area contributed by atoms with Crippen molar-refractivity contribution in [3.8, 4) is 5.75 Å². The third-order valence-corrected chi connectivity index (χ3v) is 9.47. The fraction of sp³-hybridized carbons (Fsp3) is 0.467. The van der Waals surface area contributed by atoms with Crippen LogP contribution in [0.25, 0.3) is 10.9 Å². The summed E-state index contributed by atoms with van der Waals surface area (Å²) >= 11 is 0. The Bertz CT molecular complexity index is 1360. The first-order valence-corrected chi connectivity index (χ1v) is 15.1. The van der Waals surface area contributed by atoms with E-state index in [4.69, 9.17) is 15.5 Å². The highest BCUT2D eigenvalue weighted by molar-refractivity contribution is 7.92. The van der Waals surface area contributed by atoms with Gasteiger partial charge in [0.15, 0.2) is 14.6 Å². The highest BCUT2D eigenvalue weighted by Crippen LogP contribution is 2.45. The van der Waals surface area contributed by atoms with E-state index in [1.807, 2.05) is 42.5 Å². The number of hydrogen-bond donors (Lipinski definition) is 1. The maximum Gasteiger partial charge on any atom is 0.243 e. The smallest absolute Gasteiger partial charge is 0.243 e. The van der Waals surface area contributed by atoms with Gasteiger partial charge in [0.2, 0.25) is 5.91 Å². The molecule has 7 heteroatoms. The van der Waals surface area contributed by atoms with Crippen molar-refractivity contribution in [3.05, 3.63) is 71.4 Å². The molecular formula is C30H38N2O4S. The molecule has 1 unspecified atom stereocenters. The predicted octanol–water partition coefficient (Wildman–Crippen LogP) is 5.71. The van der Waals surface area contributed by atoms with Gasteiger partial charge in [0, 0.05) is 11.6 Å². The van der Waals surface area contributed by atoms with Crippen LogP contribution in [-0.2, 0) is 32.4 Å². The molecule has 1 amide bonds. The van der Waals surface area contributed by atoms with Crippen LogP contribution in [0.15, 0.2) is 54.6 Å². The van der Waals surface area contributed by atoms with Crippen molar-refractivity contribution in [2.75, 3.05) is 6.26 Å². The number of pyridine rings is 1. The molecule has 3 aromatic rings. The van der Waals surface area contributed by atoms with E-state index < -0.39 is 20.5 Å². The third-order valence-electron chi connectivity index (χ3n) is 7.53. The highest BCUT2D eigenvalue weighted by atomic mass is 32.2. The van der Waals surface area contributed by atoms with Crippen LogP contribution in [0.1, 0.15) is 69.2 Å². The van der Waals surface area contributed by atoms with Gasteiger partial charge in [-0.2, -0.15) is 0 Å². The van der Waals surface area contributed by atoms with Gasteiger partial charge in [0.25, 0.3) is 0 Å². The first-order chi connectivity index (χ1) is 17.6. The quantitative estimate of drug-likeness (QED) is 0.363. The lowest BCUT2D eigenvalue weighted by Gasteiger charge is -2.37. The molecule has 1 aromatic heterocycles. The molecule has 1 aliphatic carbocycles. The van der Waals surface area contributed by atoms with Crippen molar-refractivity contribution >= 4 is 26.6 Å². The first-order valence-electron chi connectivity index (χ1n) is 13.2. The minimum absolute atomic E-state index is 0.283. The number of carbonyl (C=O) groups is 1. The summed E-state index contributed by atoms with van der Waals surface area (Å²) in [5.41, 5.74) is 9.03. The second kappa shape index (κ2) is 11.2. The molecule has 198 valence electrons. The van der Waals surface area contributed by atoms with Crippen LogP contribution in [0.5, 0.6) is 5.75 Å². The lowest BCUT2D eigenvalue weighted by molar-refractivity contribution is -0.122. The van der Waals surface area contributed by atoms with Crippen LogP contribution in [0.4, 0.5) is 0 Å². The molecule has 0 bridgehead atoms. The van der Waals surface area contributed by atoms with Crippen LogP contribution in [0.2, 0.25) is 0 Å². The Morgan fingerprint density at radius 1 is 1.05 bits per heavy atom. The maximum atomic E-state index is 13.4. The summed E-state index contributed by atoms with van der Waals surface area (Å²) in [4.78, 5) is 17.8. The normalized spacial score (nSPS) is 16.9. The number of nitrogens with two attached hydrogens (primary N) is 1. The van der Waals surface area contributed by atoms with Crippen molar-refractivity contribution in [3.63, 3.8) is 0 Å². The van der Waals surface area contributed by atoms with E-state index in [-0.39, 0.29) is 12.5 Å². The molecule has 1 saturated carbocycles. The third kappa shape index (κ3) is 5.66. The van der Waals surface area contributed by atoms with Crippen LogP contribution in [-0.4, -0.2) is 25.6 Å². The zero-order chi connectivity index (χ0) is 26.6. The minimum Gasteiger partial charge on any atom is -0.487 e. The van der Waals surface area contributed by atoms with Gasteiger partial charge in [-0.25, -0.2) is 13.4 Å². The van der Waals surface area contributed by atoms with E-state index in [0.717, 1.165) is 54.1 Å². The van der Waals surface area contributed by atoms with E-state index in [1.165, 1.54) is 0 Å². The van der Waals surface area contributed by atoms with Crippen molar-refractivity contribution in [1.82, 2.24) is 4.98 Å². The Morgan fingerprint density at radius 2 is 1.76 bits per heavy atom. The molecule has 0 radical (unpaired) electrons. The fourth-order valence-corrected chi connectivity index (χ4v) is 7.62. The van der Waals surface area contributed by atoms with Gasteiger partial charge in [0.05, 0.1) is 11.2 Å². The van der Waals surface area contributed by atoms with Crippen LogP contribution in [0, 0.1) is 11.8 Å². The lowest BCUT2D eigenvalue weighted by atomic mass is 9.79. The molecule has 0 aliphatic heterocycles. The van der Waals surface area contributed by atoms with Gasteiger partial charge in [-0.3, -0.25) is 4.79 Å². The molecule has 0 spiro atoms. The SMILES string of the molecule is CC(C)Cc1cc(C(C(N)=O)(C2CCCCCC2)S(C)(=O)=O)ccc1OCc1ccc2ccccc2n1. The Labute approximate surface area is 220 Å². The van der Waals surface area contributed by atoms with Crippen LogP contribution < -0.4 is 10.5 Å². The number of carbonyl (C=O) groups excluding carboxylic acids is 1. The number of sulfone groups is 1. The monoisotopic (exact) mass is 522 g/mol. The summed E-state index contributed by atoms with van der Waals surface area (Å²) in [6.45, 7) is 4.49. The molecule has 1 atom stereocenters. The average molecular weight is 523 g/mol. The molecule has 1 heterocycles. The van der Waals surface area contributed by atoms with E-state index in [1.54, 1.807) is 12.1 Å². The van der Waals surface area contributed by atoms with Crippen LogP contribution >= 0.6 is 0 Å². The van der Waals surface area contributed by atoms with Gasteiger partial charge in [0.1, 0.15) is 12.4 Å². The molecule has 2 aromatic carbocycles. The largest absolute Gasteiger partial charge is 0.487 e. The topological polar surface area (TPSA) is 99.4 Å². The second-order valence-corrected chi connectivity index (χ2v) is 13.0. The zero-order valence-electron chi connectivity index (χ0n) is 22.1. The molecule has 2 N–H and O–H groups in total. The number of fused-ring (bicyclic) bond motifs is 1. The van der Waals surface area contributed by atoms with Gasteiger partial charge < -0.3 is 10.5 Å². The number of ether oxygens (including phenoxy) is 1. The number of primary amides is 1. The average Bonchev–Trinajstić information content (AvgIpc) is 3.12. The maximum absolute atomic E-state index is 13.4. The van der Waals surface area contributed by atoms with Crippen molar-refractivity contribution in [2.45, 2.75) is 70.1 Å². The summed E-state index contributed by atoms with van der Waals surface area (Å²) in [6.07, 6.45) is 7.05. The summed E-state index contributed by atoms with van der Waals surface area (Å²) in [6, 6.07) is 17.3. The van der Waals surface area contributed by atoms with Crippen molar-refractivity contribution in [1.29, 1.82) is 0 Å². The Hall–Kier alpha value is -2.93. The molecular weight excluding hydrogens is 484 g/mol. The second-order valence-electron chi connectivity index (χ2n) is 10.8. The molecule has 1 aliphatic rings. The Balaban J connectivity index is 1.73. The standard InChI is InChI=1S/C30H38N2O4S/c1-21(2)18-23-19-25(30(29(31)33,37(3,34)35)24-11-6-4-5-7-12-24)15-17-28(23)36-20-26-16-14-22-10-8-9-13-27(22)32-26/h8-10,13-17,19,21,24H,4-7,11-12,18,20H2,1-3H3,(H2,31,33). The number of aromatic nitrogens is 1. The summed E-state index contributed by atoms with van der Waals surface area (Å²) in [5.74, 6) is -0.162. The summed E-state index contributed by atoms with van der Waals surface area (Å²) in [5, 5.41) is 1.07. The molecule has 37 heavy (non-hydrogen) atoms. The van der Waals surface area contributed by atoms with Gasteiger partial charge in [-0.05, 0) is 66.5 Å². The number of rotatable bonds is 9. The number of para-hydroxylation sites is 1. The Kier molecular flexibility index (Phi) is 8.22. The first kappa shape index (κ1) is 27.1. The number of nitrogens with zero attached hydrogens (tertiary/aromatic N) is 1. The summed E-state index contributed by atoms with van der Waals surface area (Å²) in [7, 11) is -3.85. The number of hydrogen-bond acceptors (Lipinski definition) is 5. The molecule has 4 rings (SSSR count). The lowest BCUT2D eigenvalue weighted by Crippen LogP contribution is -2.52. The molecule has 6 nitrogen and oxygen atoms in total. The van der Waals surface area contributed by atoms with E-state index in [0.29, 0.717) is 36.5 Å².